The molecule has 1 fully saturated rings. The van der Waals surface area contributed by atoms with Gasteiger partial charge in [-0.1, -0.05) is 22.9 Å². The summed E-state index contributed by atoms with van der Waals surface area (Å²) in [4.78, 5) is 6.81. The van der Waals surface area contributed by atoms with E-state index in [9.17, 15) is 0 Å². The van der Waals surface area contributed by atoms with Crippen molar-refractivity contribution in [3.8, 4) is 11.5 Å². The number of hydrogen-bond donors (Lipinski definition) is 0. The fraction of sp³-hybridized carbons (Fsp3) is 0.500. The van der Waals surface area contributed by atoms with E-state index in [1.54, 1.807) is 0 Å². The third-order valence-corrected chi connectivity index (χ3v) is 3.59. The molecule has 1 aliphatic rings. The van der Waals surface area contributed by atoms with Crippen molar-refractivity contribution in [2.45, 2.75) is 39.5 Å². The van der Waals surface area contributed by atoms with Crippen molar-refractivity contribution >= 4 is 0 Å². The van der Waals surface area contributed by atoms with Gasteiger partial charge in [-0.15, -0.1) is 0 Å². The van der Waals surface area contributed by atoms with Gasteiger partial charge in [-0.05, 0) is 32.9 Å². The highest BCUT2D eigenvalue weighted by atomic mass is 16.5. The highest BCUT2D eigenvalue weighted by Crippen LogP contribution is 2.19. The maximum atomic E-state index is 5.74. The van der Waals surface area contributed by atoms with Gasteiger partial charge in [0.05, 0.1) is 18.8 Å². The van der Waals surface area contributed by atoms with Gasteiger partial charge in [-0.2, -0.15) is 4.98 Å². The molecule has 0 spiro atoms. The molecule has 2 aromatic rings. The molecule has 0 amide bonds. The van der Waals surface area contributed by atoms with E-state index in [2.05, 4.69) is 47.9 Å². The van der Waals surface area contributed by atoms with E-state index >= 15 is 0 Å². The van der Waals surface area contributed by atoms with Crippen LogP contribution in [0.5, 0.6) is 0 Å². The summed E-state index contributed by atoms with van der Waals surface area (Å²) in [6.07, 6.45) is 0.494. The van der Waals surface area contributed by atoms with Crippen LogP contribution in [0, 0.1) is 6.92 Å². The fourth-order valence-corrected chi connectivity index (χ4v) is 2.83. The first-order valence-corrected chi connectivity index (χ1v) is 7.37. The first-order valence-electron chi connectivity index (χ1n) is 7.37. The maximum absolute atomic E-state index is 5.74. The van der Waals surface area contributed by atoms with Crippen LogP contribution in [-0.2, 0) is 11.3 Å². The Kier molecular flexibility index (Phi) is 4.03. The van der Waals surface area contributed by atoms with E-state index in [4.69, 9.17) is 9.26 Å². The normalized spacial score (nSPS) is 23.4. The molecule has 0 radical (unpaired) electrons. The molecule has 2 atom stereocenters. The van der Waals surface area contributed by atoms with Gasteiger partial charge in [0.2, 0.25) is 0 Å². The molecule has 0 saturated carbocycles. The van der Waals surface area contributed by atoms with E-state index in [-0.39, 0.29) is 12.2 Å². The molecule has 3 rings (SSSR count). The lowest BCUT2D eigenvalue weighted by Crippen LogP contribution is -2.44. The number of nitrogens with zero attached hydrogens (tertiary/aromatic N) is 3. The topological polar surface area (TPSA) is 51.4 Å². The fourth-order valence-electron chi connectivity index (χ4n) is 2.83. The lowest BCUT2D eigenvalue weighted by molar-refractivity contribution is -0.0711. The second kappa shape index (κ2) is 5.95. The molecule has 112 valence electrons. The molecule has 5 heteroatoms. The molecule has 2 heterocycles. The lowest BCUT2D eigenvalue weighted by Gasteiger charge is -2.34. The van der Waals surface area contributed by atoms with Gasteiger partial charge < -0.3 is 9.26 Å². The second-order valence-electron chi connectivity index (χ2n) is 5.84. The second-order valence-corrected chi connectivity index (χ2v) is 5.84. The minimum Gasteiger partial charge on any atom is -0.373 e. The largest absolute Gasteiger partial charge is 0.373 e. The van der Waals surface area contributed by atoms with Gasteiger partial charge in [0.25, 0.3) is 5.89 Å². The standard InChI is InChI=1S/C16H21N3O2/c1-11-5-4-6-14(7-11)16-17-15(18-21-16)10-19-8-12(2)20-13(3)9-19/h4-7,12-13H,8-10H2,1-3H3/t12-,13+. The number of aryl methyl sites for hydroxylation is 1. The van der Waals surface area contributed by atoms with Crippen molar-refractivity contribution in [2.75, 3.05) is 13.1 Å². The van der Waals surface area contributed by atoms with Crippen LogP contribution in [0.15, 0.2) is 28.8 Å². The number of aromatic nitrogens is 2. The monoisotopic (exact) mass is 287 g/mol. The summed E-state index contributed by atoms with van der Waals surface area (Å²) in [6.45, 7) is 8.75. The Morgan fingerprint density at radius 2 is 2.00 bits per heavy atom. The SMILES string of the molecule is Cc1cccc(-c2nc(CN3C[C@@H](C)O[C@@H](C)C3)no2)c1. The van der Waals surface area contributed by atoms with Crippen LogP contribution in [0.25, 0.3) is 11.5 Å². The molecule has 1 saturated heterocycles. The van der Waals surface area contributed by atoms with Crippen LogP contribution >= 0.6 is 0 Å². The van der Waals surface area contributed by atoms with Crippen molar-refractivity contribution in [1.29, 1.82) is 0 Å². The van der Waals surface area contributed by atoms with Crippen molar-refractivity contribution in [1.82, 2.24) is 15.0 Å². The van der Waals surface area contributed by atoms with E-state index < -0.39 is 0 Å². The van der Waals surface area contributed by atoms with Gasteiger partial charge in [0.15, 0.2) is 5.82 Å². The predicted octanol–water partition coefficient (Wildman–Crippen LogP) is 2.65. The Bertz CT molecular complexity index is 601. The molecule has 1 aromatic heterocycles. The van der Waals surface area contributed by atoms with Crippen LogP contribution < -0.4 is 0 Å². The smallest absolute Gasteiger partial charge is 0.257 e. The van der Waals surface area contributed by atoms with Crippen LogP contribution in [0.2, 0.25) is 0 Å². The van der Waals surface area contributed by atoms with Crippen LogP contribution in [0.1, 0.15) is 25.2 Å². The zero-order chi connectivity index (χ0) is 14.8. The summed E-state index contributed by atoms with van der Waals surface area (Å²) < 4.78 is 11.1. The summed E-state index contributed by atoms with van der Waals surface area (Å²) in [5, 5.41) is 4.10. The highest BCUT2D eigenvalue weighted by molar-refractivity contribution is 5.53. The summed E-state index contributed by atoms with van der Waals surface area (Å²) in [5.41, 5.74) is 2.15. The summed E-state index contributed by atoms with van der Waals surface area (Å²) in [7, 11) is 0. The first-order chi connectivity index (χ1) is 10.1. The van der Waals surface area contributed by atoms with Crippen molar-refractivity contribution in [3.63, 3.8) is 0 Å². The third kappa shape index (κ3) is 3.49. The zero-order valence-electron chi connectivity index (χ0n) is 12.7. The van der Waals surface area contributed by atoms with E-state index in [0.717, 1.165) is 24.5 Å². The Morgan fingerprint density at radius 3 is 2.71 bits per heavy atom. The number of benzene rings is 1. The Labute approximate surface area is 124 Å². The van der Waals surface area contributed by atoms with E-state index in [1.807, 2.05) is 12.1 Å². The number of morpholine rings is 1. The third-order valence-electron chi connectivity index (χ3n) is 3.59. The van der Waals surface area contributed by atoms with Crippen molar-refractivity contribution < 1.29 is 9.26 Å². The van der Waals surface area contributed by atoms with Crippen LogP contribution in [0.3, 0.4) is 0 Å². The highest BCUT2D eigenvalue weighted by Gasteiger charge is 2.23. The molecule has 0 aliphatic carbocycles. The first kappa shape index (κ1) is 14.2. The van der Waals surface area contributed by atoms with Gasteiger partial charge in [-0.3, -0.25) is 4.90 Å². The molecule has 0 unspecified atom stereocenters. The lowest BCUT2D eigenvalue weighted by atomic mass is 10.1. The summed E-state index contributed by atoms with van der Waals surface area (Å²) in [6, 6.07) is 8.09. The summed E-state index contributed by atoms with van der Waals surface area (Å²) >= 11 is 0. The van der Waals surface area contributed by atoms with Crippen LogP contribution in [-0.4, -0.2) is 40.3 Å². The van der Waals surface area contributed by atoms with Gasteiger partial charge >= 0.3 is 0 Å². The van der Waals surface area contributed by atoms with Gasteiger partial charge in [0.1, 0.15) is 0 Å². The van der Waals surface area contributed by atoms with E-state index in [0.29, 0.717) is 12.4 Å². The molecule has 5 nitrogen and oxygen atoms in total. The Balaban J connectivity index is 1.70. The number of rotatable bonds is 3. The average Bonchev–Trinajstić information content (AvgIpc) is 2.86. The Hall–Kier alpha value is -1.72. The Morgan fingerprint density at radius 1 is 1.24 bits per heavy atom. The van der Waals surface area contributed by atoms with Crippen LogP contribution in [0.4, 0.5) is 0 Å². The molecular weight excluding hydrogens is 266 g/mol. The predicted molar refractivity (Wildman–Crippen MR) is 79.8 cm³/mol. The number of ether oxygens (including phenoxy) is 1. The van der Waals surface area contributed by atoms with Gasteiger partial charge in [0, 0.05) is 18.7 Å². The summed E-state index contributed by atoms with van der Waals surface area (Å²) in [5.74, 6) is 1.32. The van der Waals surface area contributed by atoms with Crippen molar-refractivity contribution in [2.24, 2.45) is 0 Å². The molecular formula is C16H21N3O2. The molecule has 0 bridgehead atoms. The quantitative estimate of drug-likeness (QED) is 0.868. The van der Waals surface area contributed by atoms with Crippen molar-refractivity contribution in [3.05, 3.63) is 35.7 Å². The van der Waals surface area contributed by atoms with E-state index in [1.165, 1.54) is 5.56 Å². The zero-order valence-corrected chi connectivity index (χ0v) is 12.7. The average molecular weight is 287 g/mol. The molecule has 1 aliphatic heterocycles. The number of hydrogen-bond acceptors (Lipinski definition) is 5. The molecule has 0 N–H and O–H groups in total. The minimum atomic E-state index is 0.247. The maximum Gasteiger partial charge on any atom is 0.257 e. The molecule has 21 heavy (non-hydrogen) atoms. The minimum absolute atomic E-state index is 0.247. The molecule has 1 aromatic carbocycles. The van der Waals surface area contributed by atoms with Gasteiger partial charge in [-0.25, -0.2) is 0 Å².